The molecule has 0 amide bonds. The molecule has 3 heteroatoms. The molecule has 1 fully saturated rings. The van der Waals surface area contributed by atoms with Crippen LogP contribution in [0.15, 0.2) is 28.7 Å². The van der Waals surface area contributed by atoms with Crippen molar-refractivity contribution in [2.75, 3.05) is 0 Å². The second-order valence-electron chi connectivity index (χ2n) is 5.46. The van der Waals surface area contributed by atoms with Gasteiger partial charge >= 0.3 is 0 Å². The molecule has 0 saturated heterocycles. The number of aliphatic hydroxyl groups excluding tert-OH is 1. The van der Waals surface area contributed by atoms with E-state index in [1.54, 1.807) is 0 Å². The number of benzene rings is 1. The van der Waals surface area contributed by atoms with Crippen LogP contribution in [0.1, 0.15) is 56.6 Å². The van der Waals surface area contributed by atoms with Crippen LogP contribution in [-0.4, -0.2) is 5.11 Å². The van der Waals surface area contributed by atoms with Gasteiger partial charge in [-0.3, -0.25) is 0 Å². The lowest BCUT2D eigenvalue weighted by atomic mass is 9.71. The van der Waals surface area contributed by atoms with Gasteiger partial charge in [0.1, 0.15) is 0 Å². The summed E-state index contributed by atoms with van der Waals surface area (Å²) >= 11 is 3.48. The maximum atomic E-state index is 10.7. The molecule has 0 aliphatic heterocycles. The minimum Gasteiger partial charge on any atom is -0.387 e. The molecule has 0 heterocycles. The number of rotatable bonds is 2. The lowest BCUT2D eigenvalue weighted by Crippen LogP contribution is -2.28. The van der Waals surface area contributed by atoms with Crippen molar-refractivity contribution in [3.05, 3.63) is 34.3 Å². The Morgan fingerprint density at radius 1 is 1.11 bits per heavy atom. The Morgan fingerprint density at radius 2 is 1.68 bits per heavy atom. The molecule has 1 N–H and O–H groups in total. The molecule has 102 valence electrons. The summed E-state index contributed by atoms with van der Waals surface area (Å²) in [7, 11) is 0. The molecule has 19 heavy (non-hydrogen) atoms. The van der Waals surface area contributed by atoms with Crippen LogP contribution in [0, 0.1) is 16.7 Å². The largest absolute Gasteiger partial charge is 0.387 e. The molecule has 0 spiro atoms. The predicted molar refractivity (Wildman–Crippen MR) is 79.5 cm³/mol. The number of aliphatic hydroxyl groups is 1. The van der Waals surface area contributed by atoms with Gasteiger partial charge in [0.15, 0.2) is 0 Å². The quantitative estimate of drug-likeness (QED) is 0.855. The van der Waals surface area contributed by atoms with Gasteiger partial charge in [-0.25, -0.2) is 0 Å². The number of hydrogen-bond donors (Lipinski definition) is 1. The lowest BCUT2D eigenvalue weighted by molar-refractivity contribution is 0.0429. The fourth-order valence-electron chi connectivity index (χ4n) is 2.98. The van der Waals surface area contributed by atoms with Gasteiger partial charge in [-0.1, -0.05) is 66.2 Å². The summed E-state index contributed by atoms with van der Waals surface area (Å²) < 4.78 is 0.888. The van der Waals surface area contributed by atoms with Crippen molar-refractivity contribution in [3.8, 4) is 6.07 Å². The third-order valence-electron chi connectivity index (χ3n) is 4.19. The highest BCUT2D eigenvalue weighted by Crippen LogP contribution is 2.45. The van der Waals surface area contributed by atoms with E-state index in [-0.39, 0.29) is 0 Å². The lowest BCUT2D eigenvalue weighted by Gasteiger charge is -2.34. The Hall–Kier alpha value is -0.850. The van der Waals surface area contributed by atoms with Gasteiger partial charge in [-0.2, -0.15) is 5.26 Å². The van der Waals surface area contributed by atoms with Crippen molar-refractivity contribution in [1.82, 2.24) is 0 Å². The van der Waals surface area contributed by atoms with Gasteiger partial charge in [0, 0.05) is 4.47 Å². The van der Waals surface area contributed by atoms with E-state index in [1.807, 2.05) is 24.3 Å². The predicted octanol–water partition coefficient (Wildman–Crippen LogP) is 4.74. The number of hydrogen-bond acceptors (Lipinski definition) is 2. The second-order valence-corrected chi connectivity index (χ2v) is 6.31. The van der Waals surface area contributed by atoms with E-state index in [4.69, 9.17) is 0 Å². The minimum atomic E-state index is -0.703. The monoisotopic (exact) mass is 321 g/mol. The molecule has 1 saturated carbocycles. The van der Waals surface area contributed by atoms with Crippen LogP contribution < -0.4 is 0 Å². The Labute approximate surface area is 123 Å². The van der Waals surface area contributed by atoms with E-state index < -0.39 is 11.5 Å². The zero-order valence-corrected chi connectivity index (χ0v) is 12.7. The molecule has 1 aliphatic rings. The molecular formula is C16H20BrNO. The molecule has 1 unspecified atom stereocenters. The van der Waals surface area contributed by atoms with Crippen LogP contribution in [0.2, 0.25) is 0 Å². The molecule has 2 rings (SSSR count). The first-order valence-corrected chi connectivity index (χ1v) is 7.83. The maximum Gasteiger partial charge on any atom is 0.0987 e. The number of nitriles is 1. The number of halogens is 1. The van der Waals surface area contributed by atoms with Gasteiger partial charge in [-0.15, -0.1) is 0 Å². The molecule has 2 nitrogen and oxygen atoms in total. The van der Waals surface area contributed by atoms with Crippen LogP contribution >= 0.6 is 15.9 Å². The molecule has 0 radical (unpaired) electrons. The smallest absolute Gasteiger partial charge is 0.0987 e. The molecule has 0 aromatic heterocycles. The Balaban J connectivity index is 2.29. The molecule has 0 bridgehead atoms. The molecule has 1 aliphatic carbocycles. The van der Waals surface area contributed by atoms with E-state index in [0.29, 0.717) is 0 Å². The fraction of sp³-hybridized carbons (Fsp3) is 0.562. The van der Waals surface area contributed by atoms with Crippen molar-refractivity contribution < 1.29 is 5.11 Å². The van der Waals surface area contributed by atoms with Gasteiger partial charge < -0.3 is 5.11 Å². The minimum absolute atomic E-state index is 0.621. The van der Waals surface area contributed by atoms with E-state index in [1.165, 1.54) is 19.3 Å². The highest BCUT2D eigenvalue weighted by atomic mass is 79.9. The summed E-state index contributed by atoms with van der Waals surface area (Å²) in [6.07, 6.45) is 6.57. The second kappa shape index (κ2) is 6.54. The first kappa shape index (κ1) is 14.6. The SMILES string of the molecule is N#CC1(C(O)c2ccccc2Br)CCCCCCC1. The van der Waals surface area contributed by atoms with Crippen molar-refractivity contribution in [2.24, 2.45) is 5.41 Å². The highest BCUT2D eigenvalue weighted by molar-refractivity contribution is 9.10. The Bertz CT molecular complexity index is 458. The van der Waals surface area contributed by atoms with Gasteiger partial charge in [0.05, 0.1) is 17.6 Å². The van der Waals surface area contributed by atoms with Crippen LogP contribution in [0.3, 0.4) is 0 Å². The van der Waals surface area contributed by atoms with Crippen LogP contribution in [0.5, 0.6) is 0 Å². The topological polar surface area (TPSA) is 44.0 Å². The van der Waals surface area contributed by atoms with Crippen LogP contribution in [-0.2, 0) is 0 Å². The van der Waals surface area contributed by atoms with Crippen molar-refractivity contribution >= 4 is 15.9 Å². The van der Waals surface area contributed by atoms with E-state index in [2.05, 4.69) is 22.0 Å². The van der Waals surface area contributed by atoms with Crippen molar-refractivity contribution in [2.45, 2.75) is 51.0 Å². The summed E-state index contributed by atoms with van der Waals surface area (Å²) in [5.74, 6) is 0. The standard InChI is InChI=1S/C16H20BrNO/c17-14-9-5-4-8-13(14)15(19)16(12-18)10-6-2-1-3-7-11-16/h4-5,8-9,15,19H,1-3,6-7,10-11H2. The summed E-state index contributed by atoms with van der Waals surface area (Å²) in [6, 6.07) is 10.1. The van der Waals surface area contributed by atoms with E-state index in [9.17, 15) is 10.4 Å². The molecule has 1 atom stereocenters. The zero-order valence-electron chi connectivity index (χ0n) is 11.1. The fourth-order valence-corrected chi connectivity index (χ4v) is 3.48. The molecule has 1 aromatic rings. The first-order valence-electron chi connectivity index (χ1n) is 7.03. The van der Waals surface area contributed by atoms with E-state index >= 15 is 0 Å². The molecule has 1 aromatic carbocycles. The van der Waals surface area contributed by atoms with Gasteiger partial charge in [-0.05, 0) is 24.5 Å². The number of nitrogens with zero attached hydrogens (tertiary/aromatic N) is 1. The molecular weight excluding hydrogens is 302 g/mol. The summed E-state index contributed by atoms with van der Waals surface area (Å²) in [5.41, 5.74) is 0.217. The zero-order chi connectivity index (χ0) is 13.7. The first-order chi connectivity index (χ1) is 9.19. The summed E-state index contributed by atoms with van der Waals surface area (Å²) in [4.78, 5) is 0. The third kappa shape index (κ3) is 3.19. The van der Waals surface area contributed by atoms with Gasteiger partial charge in [0.25, 0.3) is 0 Å². The van der Waals surface area contributed by atoms with Crippen molar-refractivity contribution in [3.63, 3.8) is 0 Å². The van der Waals surface area contributed by atoms with E-state index in [0.717, 1.165) is 35.7 Å². The van der Waals surface area contributed by atoms with Crippen LogP contribution in [0.25, 0.3) is 0 Å². The highest BCUT2D eigenvalue weighted by Gasteiger charge is 2.39. The van der Waals surface area contributed by atoms with Gasteiger partial charge in [0.2, 0.25) is 0 Å². The Morgan fingerprint density at radius 3 is 2.26 bits per heavy atom. The maximum absolute atomic E-state index is 10.7. The summed E-state index contributed by atoms with van der Waals surface area (Å²) in [5, 5.41) is 20.4. The normalized spacial score (nSPS) is 20.9. The average molecular weight is 322 g/mol. The Kier molecular flexibility index (Phi) is 5.01. The average Bonchev–Trinajstić information content (AvgIpc) is 2.39. The third-order valence-corrected chi connectivity index (χ3v) is 4.91. The van der Waals surface area contributed by atoms with Crippen molar-refractivity contribution in [1.29, 1.82) is 5.26 Å². The summed E-state index contributed by atoms with van der Waals surface area (Å²) in [6.45, 7) is 0. The van der Waals surface area contributed by atoms with Crippen LogP contribution in [0.4, 0.5) is 0 Å².